The summed E-state index contributed by atoms with van der Waals surface area (Å²) in [5.41, 5.74) is 14.3. The number of pyridine rings is 2. The fraction of sp³-hybridized carbons (Fsp3) is 0. The van der Waals surface area contributed by atoms with E-state index in [4.69, 9.17) is 9.97 Å². The Kier molecular flexibility index (Phi) is 10.0. The fourth-order valence-electron chi connectivity index (χ4n) is 7.89. The van der Waals surface area contributed by atoms with Gasteiger partial charge < -0.3 is 9.67 Å². The van der Waals surface area contributed by atoms with E-state index in [1.807, 2.05) is 79.0 Å². The molecular formula is C53H33N4OPt-. The molecule has 0 amide bonds. The number of nitriles is 1. The summed E-state index contributed by atoms with van der Waals surface area (Å²) in [6.45, 7) is 0. The van der Waals surface area contributed by atoms with Crippen molar-refractivity contribution in [3.05, 3.63) is 206 Å². The standard InChI is InChI=1S/C53H33N4O.Pt/c54-34-35-22-24-37(25-23-35)39-28-41(30-42(29-39)49-32-40(36-12-3-1-4-13-36)33-50(56-49)47-17-8-10-21-52(47)58)48-31-38(26-27-55-48)44-18-11-19-46-45-16-7-9-20-51(45)57(53(44)46)43-14-5-2-6-15-43;/h1-29,31-33,58H;/q-1;. The van der Waals surface area contributed by atoms with E-state index in [9.17, 15) is 10.4 Å². The van der Waals surface area contributed by atoms with Crippen molar-refractivity contribution in [1.29, 1.82) is 5.26 Å². The van der Waals surface area contributed by atoms with Gasteiger partial charge in [-0.1, -0.05) is 138 Å². The predicted molar refractivity (Wildman–Crippen MR) is 234 cm³/mol. The molecule has 6 heteroatoms. The van der Waals surface area contributed by atoms with E-state index in [1.165, 1.54) is 10.8 Å². The molecule has 0 unspecified atom stereocenters. The molecule has 0 saturated carbocycles. The van der Waals surface area contributed by atoms with E-state index >= 15 is 0 Å². The van der Waals surface area contributed by atoms with Crippen molar-refractivity contribution in [2.75, 3.05) is 0 Å². The number of hydrogen-bond acceptors (Lipinski definition) is 4. The number of phenols is 1. The summed E-state index contributed by atoms with van der Waals surface area (Å²) in [5, 5.41) is 22.9. The maximum Gasteiger partial charge on any atom is 0.124 e. The van der Waals surface area contributed by atoms with Gasteiger partial charge in [-0.3, -0.25) is 9.97 Å². The first-order valence-electron chi connectivity index (χ1n) is 19.1. The molecule has 0 atom stereocenters. The monoisotopic (exact) mass is 936 g/mol. The first-order chi connectivity index (χ1) is 28.6. The summed E-state index contributed by atoms with van der Waals surface area (Å²) < 4.78 is 2.35. The Morgan fingerprint density at radius 3 is 1.90 bits per heavy atom. The van der Waals surface area contributed by atoms with Gasteiger partial charge in [0.05, 0.1) is 28.4 Å². The van der Waals surface area contributed by atoms with Crippen LogP contribution < -0.4 is 0 Å². The van der Waals surface area contributed by atoms with Gasteiger partial charge in [-0.15, -0.1) is 18.2 Å². The van der Waals surface area contributed by atoms with Crippen LogP contribution in [-0.4, -0.2) is 19.6 Å². The molecule has 7 aromatic carbocycles. The number of aromatic nitrogens is 3. The van der Waals surface area contributed by atoms with E-state index in [0.29, 0.717) is 22.5 Å². The summed E-state index contributed by atoms with van der Waals surface area (Å²) in [5.74, 6) is 0.157. The first kappa shape index (κ1) is 37.2. The van der Waals surface area contributed by atoms with Crippen molar-refractivity contribution in [3.8, 4) is 84.7 Å². The second-order valence-corrected chi connectivity index (χ2v) is 14.2. The largest absolute Gasteiger partial charge is 0.507 e. The number of phenolic OH excluding ortho intramolecular Hbond substituents is 1. The van der Waals surface area contributed by atoms with Gasteiger partial charge in [-0.05, 0) is 76.9 Å². The van der Waals surface area contributed by atoms with Crippen LogP contribution in [0.1, 0.15) is 5.56 Å². The number of fused-ring (bicyclic) bond motifs is 3. The summed E-state index contributed by atoms with van der Waals surface area (Å²) in [6, 6.07) is 69.1. The Balaban J connectivity index is 0.00000449. The predicted octanol–water partition coefficient (Wildman–Crippen LogP) is 13.0. The van der Waals surface area contributed by atoms with Gasteiger partial charge in [0, 0.05) is 66.2 Å². The van der Waals surface area contributed by atoms with Crippen LogP contribution in [-0.2, 0) is 21.1 Å². The Morgan fingerprint density at radius 1 is 0.508 bits per heavy atom. The molecule has 5 nitrogen and oxygen atoms in total. The zero-order chi connectivity index (χ0) is 39.0. The van der Waals surface area contributed by atoms with E-state index in [1.54, 1.807) is 6.07 Å². The molecule has 282 valence electrons. The van der Waals surface area contributed by atoms with Gasteiger partial charge in [-0.2, -0.15) is 5.26 Å². The Hall–Kier alpha value is -7.38. The molecule has 10 aromatic rings. The number of nitrogens with zero attached hydrogens (tertiary/aromatic N) is 4. The van der Waals surface area contributed by atoms with Gasteiger partial charge >= 0.3 is 0 Å². The second-order valence-electron chi connectivity index (χ2n) is 14.2. The summed E-state index contributed by atoms with van der Waals surface area (Å²) >= 11 is 0. The maximum atomic E-state index is 10.9. The molecule has 0 fully saturated rings. The molecule has 0 saturated heterocycles. The topological polar surface area (TPSA) is 74.7 Å². The molecule has 0 bridgehead atoms. The molecule has 0 aliphatic heterocycles. The Bertz CT molecular complexity index is 3190. The molecule has 3 heterocycles. The van der Waals surface area contributed by atoms with Crippen LogP contribution in [0.5, 0.6) is 5.75 Å². The smallest absolute Gasteiger partial charge is 0.124 e. The molecule has 10 rings (SSSR count). The van der Waals surface area contributed by atoms with Gasteiger partial charge in [0.25, 0.3) is 0 Å². The van der Waals surface area contributed by atoms with Crippen LogP contribution >= 0.6 is 0 Å². The minimum absolute atomic E-state index is 0. The maximum absolute atomic E-state index is 10.9. The van der Waals surface area contributed by atoms with E-state index < -0.39 is 0 Å². The third-order valence-electron chi connectivity index (χ3n) is 10.7. The van der Waals surface area contributed by atoms with Crippen molar-refractivity contribution < 1.29 is 26.2 Å². The molecule has 1 N–H and O–H groups in total. The first-order valence-corrected chi connectivity index (χ1v) is 19.1. The number of benzene rings is 7. The van der Waals surface area contributed by atoms with E-state index in [0.717, 1.165) is 66.9 Å². The average molecular weight is 937 g/mol. The molecule has 3 aromatic heterocycles. The van der Waals surface area contributed by atoms with Crippen molar-refractivity contribution in [2.24, 2.45) is 0 Å². The molecule has 0 aliphatic rings. The van der Waals surface area contributed by atoms with E-state index in [2.05, 4.69) is 126 Å². The Morgan fingerprint density at radius 2 is 1.12 bits per heavy atom. The third kappa shape index (κ3) is 7.01. The Labute approximate surface area is 356 Å². The van der Waals surface area contributed by atoms with Crippen LogP contribution in [0.15, 0.2) is 194 Å². The molecule has 59 heavy (non-hydrogen) atoms. The SMILES string of the molecule is N#Cc1ccc(-c2cc(-c3cc(-c4cccc5c6ccccc6n(-c6ccccc6)c45)ccn3)[c-]c(-c3cc(-c4ccccc4)cc(-c4ccccc4O)n3)c2)cc1.[Pt]. The number of aromatic hydroxyl groups is 1. The second kappa shape index (κ2) is 15.9. The normalized spacial score (nSPS) is 11.0. The zero-order valence-electron chi connectivity index (χ0n) is 31.5. The summed E-state index contributed by atoms with van der Waals surface area (Å²) in [4.78, 5) is 10.1. The van der Waals surface area contributed by atoms with Crippen LogP contribution in [0.25, 0.3) is 94.6 Å². The van der Waals surface area contributed by atoms with Crippen LogP contribution in [0.2, 0.25) is 0 Å². The summed E-state index contributed by atoms with van der Waals surface area (Å²) in [6.07, 6.45) is 1.87. The van der Waals surface area contributed by atoms with Gasteiger partial charge in [0.1, 0.15) is 5.75 Å². The molecular weight excluding hydrogens is 904 g/mol. The van der Waals surface area contributed by atoms with Gasteiger partial charge in [-0.25, -0.2) is 0 Å². The number of hydrogen-bond donors (Lipinski definition) is 1. The molecule has 0 radical (unpaired) electrons. The number of para-hydroxylation sites is 4. The quantitative estimate of drug-likeness (QED) is 0.162. The van der Waals surface area contributed by atoms with E-state index in [-0.39, 0.29) is 26.8 Å². The van der Waals surface area contributed by atoms with Crippen molar-refractivity contribution >= 4 is 21.8 Å². The van der Waals surface area contributed by atoms with Crippen LogP contribution in [0, 0.1) is 17.4 Å². The minimum atomic E-state index is 0. The summed E-state index contributed by atoms with van der Waals surface area (Å²) in [7, 11) is 0. The van der Waals surface area contributed by atoms with Crippen molar-refractivity contribution in [1.82, 2.24) is 14.5 Å². The zero-order valence-corrected chi connectivity index (χ0v) is 33.8. The van der Waals surface area contributed by atoms with Gasteiger partial charge in [0.15, 0.2) is 0 Å². The van der Waals surface area contributed by atoms with Crippen molar-refractivity contribution in [3.63, 3.8) is 0 Å². The fourth-order valence-corrected chi connectivity index (χ4v) is 7.89. The van der Waals surface area contributed by atoms with Crippen LogP contribution in [0.3, 0.4) is 0 Å². The van der Waals surface area contributed by atoms with Crippen molar-refractivity contribution in [2.45, 2.75) is 0 Å². The third-order valence-corrected chi connectivity index (χ3v) is 10.7. The van der Waals surface area contributed by atoms with Gasteiger partial charge in [0.2, 0.25) is 0 Å². The van der Waals surface area contributed by atoms with Crippen LogP contribution in [0.4, 0.5) is 0 Å². The average Bonchev–Trinajstić information content (AvgIpc) is 3.64. The number of rotatable bonds is 7. The molecule has 0 spiro atoms. The minimum Gasteiger partial charge on any atom is -0.507 e. The molecule has 0 aliphatic carbocycles.